The average molecular weight is 473 g/mol. The van der Waals surface area contributed by atoms with Gasteiger partial charge in [-0.05, 0) is 70.2 Å². The molecule has 1 saturated carbocycles. The zero-order chi connectivity index (χ0) is 24.6. The number of nitrogens with two attached hydrogens (primary N) is 1. The predicted molar refractivity (Wildman–Crippen MR) is 139 cm³/mol. The van der Waals surface area contributed by atoms with E-state index in [2.05, 4.69) is 75.3 Å². The maximum absolute atomic E-state index is 6.49. The molecule has 1 aromatic heterocycles. The van der Waals surface area contributed by atoms with Gasteiger partial charge in [0, 0.05) is 29.8 Å². The van der Waals surface area contributed by atoms with Crippen molar-refractivity contribution in [3.05, 3.63) is 78.1 Å². The van der Waals surface area contributed by atoms with Crippen LogP contribution in [0.4, 0.5) is 0 Å². The largest absolute Gasteiger partial charge is 0.498 e. The topological polar surface area (TPSA) is 71.5 Å². The molecule has 1 aliphatic heterocycles. The molecule has 0 unspecified atom stereocenters. The van der Waals surface area contributed by atoms with Crippen molar-refractivity contribution in [3.63, 3.8) is 0 Å². The summed E-state index contributed by atoms with van der Waals surface area (Å²) in [7, 11) is -0.406. The molecule has 3 aromatic rings. The first-order chi connectivity index (χ1) is 16.7. The Morgan fingerprint density at radius 2 is 1.71 bits per heavy atom. The molecule has 0 amide bonds. The summed E-state index contributed by atoms with van der Waals surface area (Å²) in [5, 5.41) is 4.55. The Labute approximate surface area is 208 Å². The van der Waals surface area contributed by atoms with Gasteiger partial charge in [0.2, 0.25) is 0 Å². The second kappa shape index (κ2) is 9.45. The van der Waals surface area contributed by atoms with Crippen LogP contribution in [-0.4, -0.2) is 40.2 Å². The van der Waals surface area contributed by atoms with Gasteiger partial charge in [-0.25, -0.2) is 0 Å². The summed E-state index contributed by atoms with van der Waals surface area (Å²) in [4.78, 5) is 0. The van der Waals surface area contributed by atoms with Crippen LogP contribution in [0.1, 0.15) is 51.7 Å². The summed E-state index contributed by atoms with van der Waals surface area (Å²) in [5.74, 6) is 1.31. The van der Waals surface area contributed by atoms with Crippen molar-refractivity contribution in [2.24, 2.45) is 11.7 Å². The molecule has 2 aliphatic rings. The summed E-state index contributed by atoms with van der Waals surface area (Å²) in [6, 6.07) is 19.1. The Bertz CT molecular complexity index is 1130. The molecule has 0 spiro atoms. The number of ether oxygens (including phenoxy) is 1. The summed E-state index contributed by atoms with van der Waals surface area (Å²) >= 11 is 0. The SMILES string of the molecule is CC1(C)OB(c2cnn(Cc3cccc(O[C@@H]4C[C@@H](N)C[C@@H]4Cc4ccccc4)c3)c2)OC1(C)C. The first kappa shape index (κ1) is 24.1. The molecule has 1 saturated heterocycles. The molecule has 5 rings (SSSR count). The molecule has 1 aliphatic carbocycles. The predicted octanol–water partition coefficient (Wildman–Crippen LogP) is 3.96. The molecule has 3 atom stereocenters. The quantitative estimate of drug-likeness (QED) is 0.526. The van der Waals surface area contributed by atoms with E-state index in [9.17, 15) is 0 Å². The summed E-state index contributed by atoms with van der Waals surface area (Å²) in [6.45, 7) is 8.89. The fraction of sp³-hybridized carbons (Fsp3) is 0.464. The van der Waals surface area contributed by atoms with Crippen molar-refractivity contribution in [1.29, 1.82) is 0 Å². The van der Waals surface area contributed by atoms with Crippen molar-refractivity contribution in [2.75, 3.05) is 0 Å². The zero-order valence-corrected chi connectivity index (χ0v) is 21.2. The number of benzene rings is 2. The highest BCUT2D eigenvalue weighted by molar-refractivity contribution is 6.62. The smallest absolute Gasteiger partial charge is 0.490 e. The number of nitrogens with zero attached hydrogens (tertiary/aromatic N) is 2. The first-order valence-corrected chi connectivity index (χ1v) is 12.6. The lowest BCUT2D eigenvalue weighted by molar-refractivity contribution is 0.00578. The van der Waals surface area contributed by atoms with Crippen molar-refractivity contribution in [3.8, 4) is 5.75 Å². The highest BCUT2D eigenvalue weighted by Crippen LogP contribution is 2.36. The fourth-order valence-corrected chi connectivity index (χ4v) is 5.05. The van der Waals surface area contributed by atoms with E-state index in [1.807, 2.05) is 29.2 Å². The highest BCUT2D eigenvalue weighted by atomic mass is 16.7. The van der Waals surface area contributed by atoms with Crippen LogP contribution in [0.3, 0.4) is 0 Å². The van der Waals surface area contributed by atoms with Crippen LogP contribution in [0.5, 0.6) is 5.75 Å². The molecule has 7 heteroatoms. The van der Waals surface area contributed by atoms with Crippen LogP contribution in [0.15, 0.2) is 67.0 Å². The number of hydrogen-bond acceptors (Lipinski definition) is 5. The van der Waals surface area contributed by atoms with Gasteiger partial charge in [-0.1, -0.05) is 42.5 Å². The van der Waals surface area contributed by atoms with Crippen LogP contribution in [-0.2, 0) is 22.3 Å². The van der Waals surface area contributed by atoms with Gasteiger partial charge in [0.1, 0.15) is 11.9 Å². The molecule has 2 aromatic carbocycles. The van der Waals surface area contributed by atoms with Crippen molar-refractivity contribution < 1.29 is 14.0 Å². The van der Waals surface area contributed by atoms with E-state index in [-0.39, 0.29) is 23.3 Å². The molecule has 35 heavy (non-hydrogen) atoms. The van der Waals surface area contributed by atoms with Crippen LogP contribution < -0.4 is 15.9 Å². The fourth-order valence-electron chi connectivity index (χ4n) is 5.05. The van der Waals surface area contributed by atoms with Crippen LogP contribution in [0, 0.1) is 5.92 Å². The van der Waals surface area contributed by atoms with Gasteiger partial charge in [-0.15, -0.1) is 0 Å². The van der Waals surface area contributed by atoms with Crippen LogP contribution in [0.25, 0.3) is 0 Å². The maximum Gasteiger partial charge on any atom is 0.498 e. The summed E-state index contributed by atoms with van der Waals surface area (Å²) in [6.07, 6.45) is 6.83. The Hall–Kier alpha value is -2.61. The van der Waals surface area contributed by atoms with Gasteiger partial charge < -0.3 is 19.8 Å². The van der Waals surface area contributed by atoms with E-state index in [1.54, 1.807) is 0 Å². The number of hydrogen-bond donors (Lipinski definition) is 1. The molecule has 0 bridgehead atoms. The van der Waals surface area contributed by atoms with Gasteiger partial charge in [0.05, 0.1) is 17.7 Å². The number of rotatable bonds is 7. The third-order valence-electron chi connectivity index (χ3n) is 7.72. The van der Waals surface area contributed by atoms with E-state index in [1.165, 1.54) is 5.56 Å². The second-order valence-electron chi connectivity index (χ2n) is 11.0. The Morgan fingerprint density at radius 3 is 2.46 bits per heavy atom. The molecule has 0 radical (unpaired) electrons. The molecule has 2 N–H and O–H groups in total. The third kappa shape index (κ3) is 5.32. The first-order valence-electron chi connectivity index (χ1n) is 12.6. The van der Waals surface area contributed by atoms with E-state index >= 15 is 0 Å². The van der Waals surface area contributed by atoms with E-state index in [0.717, 1.165) is 36.0 Å². The van der Waals surface area contributed by atoms with Crippen LogP contribution in [0.2, 0.25) is 0 Å². The van der Waals surface area contributed by atoms with E-state index < -0.39 is 7.12 Å². The molecule has 2 heterocycles. The lowest BCUT2D eigenvalue weighted by Crippen LogP contribution is -2.41. The minimum absolute atomic E-state index is 0.125. The summed E-state index contributed by atoms with van der Waals surface area (Å²) < 4.78 is 20.7. The Kier molecular flexibility index (Phi) is 6.51. The third-order valence-corrected chi connectivity index (χ3v) is 7.72. The van der Waals surface area contributed by atoms with Crippen molar-refractivity contribution in [2.45, 2.75) is 76.9 Å². The lowest BCUT2D eigenvalue weighted by Gasteiger charge is -2.32. The van der Waals surface area contributed by atoms with Gasteiger partial charge in [-0.3, -0.25) is 4.68 Å². The second-order valence-corrected chi connectivity index (χ2v) is 11.0. The van der Waals surface area contributed by atoms with E-state index in [4.69, 9.17) is 19.8 Å². The number of aromatic nitrogens is 2. The minimum Gasteiger partial charge on any atom is -0.490 e. The highest BCUT2D eigenvalue weighted by Gasteiger charge is 2.52. The Balaban J connectivity index is 1.24. The Morgan fingerprint density at radius 1 is 1.00 bits per heavy atom. The van der Waals surface area contributed by atoms with Gasteiger partial charge >= 0.3 is 7.12 Å². The van der Waals surface area contributed by atoms with Gasteiger partial charge in [-0.2, -0.15) is 5.10 Å². The molecular formula is C28H36BN3O3. The molecule has 2 fully saturated rings. The normalized spacial score (nSPS) is 25.2. The van der Waals surface area contributed by atoms with Gasteiger partial charge in [0.25, 0.3) is 0 Å². The van der Waals surface area contributed by atoms with Crippen LogP contribution >= 0.6 is 0 Å². The van der Waals surface area contributed by atoms with Gasteiger partial charge in [0.15, 0.2) is 0 Å². The van der Waals surface area contributed by atoms with E-state index in [0.29, 0.717) is 12.5 Å². The maximum atomic E-state index is 6.49. The molecule has 6 nitrogen and oxygen atoms in total. The minimum atomic E-state index is -0.406. The zero-order valence-electron chi connectivity index (χ0n) is 21.2. The lowest BCUT2D eigenvalue weighted by atomic mass is 9.82. The molecular weight excluding hydrogens is 437 g/mol. The average Bonchev–Trinajstić information content (AvgIpc) is 3.45. The van der Waals surface area contributed by atoms with Crippen molar-refractivity contribution in [1.82, 2.24) is 9.78 Å². The monoisotopic (exact) mass is 473 g/mol. The van der Waals surface area contributed by atoms with Crippen molar-refractivity contribution >= 4 is 12.6 Å². The standard InChI is InChI=1S/C28H36BN3O3/c1-27(2)28(3,4)35-29(34-27)23-17-31-32(19-23)18-21-11-8-12-25(14-21)33-26-16-24(30)15-22(26)13-20-9-6-5-7-10-20/h5-12,14,17,19,22,24,26H,13,15-16,18,30H2,1-4H3/t22-,24-,26+/m0/s1. The molecule has 184 valence electrons. The summed E-state index contributed by atoms with van der Waals surface area (Å²) in [5.41, 5.74) is 8.99.